The van der Waals surface area contributed by atoms with Crippen LogP contribution in [0, 0.1) is 11.3 Å². The predicted molar refractivity (Wildman–Crippen MR) is 173 cm³/mol. The number of rotatable bonds is 12. The van der Waals surface area contributed by atoms with Gasteiger partial charge in [0.05, 0.1) is 24.9 Å². The number of fused-ring (bicyclic) bond motifs is 1. The summed E-state index contributed by atoms with van der Waals surface area (Å²) in [6, 6.07) is 14.3. The van der Waals surface area contributed by atoms with Gasteiger partial charge in [-0.05, 0) is 54.6 Å². The first-order valence-electron chi connectivity index (χ1n) is 15.8. The summed E-state index contributed by atoms with van der Waals surface area (Å²) >= 11 is 0. The summed E-state index contributed by atoms with van der Waals surface area (Å²) < 4.78 is 17.9. The van der Waals surface area contributed by atoms with Gasteiger partial charge < -0.3 is 44.6 Å². The van der Waals surface area contributed by atoms with Crippen LogP contribution in [-0.4, -0.2) is 131 Å². The third-order valence-corrected chi connectivity index (χ3v) is 8.53. The van der Waals surface area contributed by atoms with E-state index in [0.717, 1.165) is 42.5 Å². The first kappa shape index (κ1) is 34.4. The number of aliphatic hydroxyl groups excluding tert-OH is 3. The molecule has 6 atom stereocenters. The molecule has 0 spiro atoms. The van der Waals surface area contributed by atoms with E-state index in [9.17, 15) is 25.4 Å². The molecule has 1 aromatic heterocycles. The van der Waals surface area contributed by atoms with Gasteiger partial charge in [0.2, 0.25) is 0 Å². The molecule has 1 unspecified atom stereocenters. The fourth-order valence-corrected chi connectivity index (χ4v) is 5.76. The van der Waals surface area contributed by atoms with E-state index in [0.29, 0.717) is 12.1 Å². The number of carbonyl (C=O) groups is 1. The fraction of sp³-hybridized carbons (Fsp3) is 0.515. The topological polar surface area (TPSA) is 178 Å². The molecule has 0 saturated carbocycles. The molecule has 1 amide bonds. The molecule has 5 rings (SSSR count). The molecule has 3 aromatic rings. The maximum absolute atomic E-state index is 12.7. The monoisotopic (exact) mass is 649 g/mol. The van der Waals surface area contributed by atoms with Crippen molar-refractivity contribution in [2.75, 3.05) is 58.4 Å². The smallest absolute Gasteiger partial charge is 0.262 e. The third kappa shape index (κ3) is 8.70. The summed E-state index contributed by atoms with van der Waals surface area (Å²) in [5, 5.41) is 53.0. The number of nitrogens with one attached hydrogen (secondary N) is 1. The van der Waals surface area contributed by atoms with Crippen LogP contribution in [0.2, 0.25) is 0 Å². The SMILES string of the molecule is CO[C@H]1O[C@H](Cn2cc(CC(C)OCCNC(=O)/C(C#N)=C/c3ccc4cc(N5CCN(C)CC5)ccc4c3)nn2)[C@@H](O)[C@H](O)[C@H]1O. The number of anilines is 1. The second-order valence-corrected chi connectivity index (χ2v) is 12.1. The van der Waals surface area contributed by atoms with Crippen LogP contribution in [-0.2, 0) is 32.0 Å². The van der Waals surface area contributed by atoms with Crippen molar-refractivity contribution in [2.45, 2.75) is 56.7 Å². The number of carbonyl (C=O) groups excluding carboxylic acids is 1. The number of hydrogen-bond acceptors (Lipinski definition) is 12. The summed E-state index contributed by atoms with van der Waals surface area (Å²) in [6.45, 7) is 6.47. The number of aliphatic hydroxyl groups is 3. The Bertz CT molecular complexity index is 1580. The zero-order valence-corrected chi connectivity index (χ0v) is 26.9. The number of amides is 1. The van der Waals surface area contributed by atoms with Gasteiger partial charge in [-0.3, -0.25) is 4.79 Å². The number of piperazine rings is 1. The van der Waals surface area contributed by atoms with Gasteiger partial charge in [0, 0.05) is 58.1 Å². The molecule has 47 heavy (non-hydrogen) atoms. The van der Waals surface area contributed by atoms with E-state index in [4.69, 9.17) is 14.2 Å². The van der Waals surface area contributed by atoms with Gasteiger partial charge in [-0.2, -0.15) is 5.26 Å². The van der Waals surface area contributed by atoms with Crippen molar-refractivity contribution in [3.05, 3.63) is 59.4 Å². The van der Waals surface area contributed by atoms with E-state index in [-0.39, 0.29) is 31.4 Å². The van der Waals surface area contributed by atoms with Crippen LogP contribution in [0.4, 0.5) is 5.69 Å². The second kappa shape index (κ2) is 15.8. The van der Waals surface area contributed by atoms with Gasteiger partial charge in [0.25, 0.3) is 5.91 Å². The molecule has 2 aliphatic heterocycles. The molecule has 14 heteroatoms. The van der Waals surface area contributed by atoms with Crippen LogP contribution in [0.1, 0.15) is 18.2 Å². The number of hydrogen-bond donors (Lipinski definition) is 4. The predicted octanol–water partition coefficient (Wildman–Crippen LogP) is 0.308. The second-order valence-electron chi connectivity index (χ2n) is 12.1. The molecule has 14 nitrogen and oxygen atoms in total. The van der Waals surface area contributed by atoms with Crippen molar-refractivity contribution < 1.29 is 34.3 Å². The van der Waals surface area contributed by atoms with Crippen molar-refractivity contribution in [3.8, 4) is 6.07 Å². The lowest BCUT2D eigenvalue weighted by Crippen LogP contribution is -2.58. The molecule has 4 N–H and O–H groups in total. The Morgan fingerprint density at radius 2 is 1.87 bits per heavy atom. The summed E-state index contributed by atoms with van der Waals surface area (Å²) in [5.74, 6) is -0.474. The minimum Gasteiger partial charge on any atom is -0.388 e. The Hall–Kier alpha value is -3.94. The lowest BCUT2D eigenvalue weighted by Gasteiger charge is -2.39. The van der Waals surface area contributed by atoms with E-state index >= 15 is 0 Å². The molecule has 2 fully saturated rings. The van der Waals surface area contributed by atoms with Crippen LogP contribution >= 0.6 is 0 Å². The maximum atomic E-state index is 12.7. The van der Waals surface area contributed by atoms with Gasteiger partial charge in [-0.15, -0.1) is 5.10 Å². The third-order valence-electron chi connectivity index (χ3n) is 8.53. The van der Waals surface area contributed by atoms with Crippen molar-refractivity contribution in [1.29, 1.82) is 5.26 Å². The van der Waals surface area contributed by atoms with Crippen molar-refractivity contribution in [3.63, 3.8) is 0 Å². The minimum atomic E-state index is -1.42. The van der Waals surface area contributed by atoms with Gasteiger partial charge in [-0.25, -0.2) is 4.68 Å². The van der Waals surface area contributed by atoms with Gasteiger partial charge in [0.15, 0.2) is 6.29 Å². The van der Waals surface area contributed by atoms with E-state index < -0.39 is 36.6 Å². The summed E-state index contributed by atoms with van der Waals surface area (Å²) in [4.78, 5) is 17.5. The Morgan fingerprint density at radius 1 is 1.13 bits per heavy atom. The molecule has 2 aromatic carbocycles. The van der Waals surface area contributed by atoms with Gasteiger partial charge in [0.1, 0.15) is 36.1 Å². The molecule has 0 radical (unpaired) electrons. The Kier molecular flexibility index (Phi) is 11.5. The van der Waals surface area contributed by atoms with Gasteiger partial charge in [-0.1, -0.05) is 23.4 Å². The number of nitriles is 1. The Morgan fingerprint density at radius 3 is 2.62 bits per heavy atom. The lowest BCUT2D eigenvalue weighted by atomic mass is 9.99. The number of benzene rings is 2. The van der Waals surface area contributed by atoms with Crippen molar-refractivity contribution in [1.82, 2.24) is 25.2 Å². The lowest BCUT2D eigenvalue weighted by molar-refractivity contribution is -0.292. The normalized spacial score (nSPS) is 24.7. The van der Waals surface area contributed by atoms with E-state index in [1.54, 1.807) is 12.3 Å². The average Bonchev–Trinajstić information content (AvgIpc) is 3.52. The van der Waals surface area contributed by atoms with Crippen LogP contribution in [0.5, 0.6) is 0 Å². The molecule has 2 saturated heterocycles. The summed E-state index contributed by atoms with van der Waals surface area (Å²) in [6.07, 6.45) is -2.59. The highest BCUT2D eigenvalue weighted by atomic mass is 16.7. The average molecular weight is 650 g/mol. The quantitative estimate of drug-likeness (QED) is 0.120. The minimum absolute atomic E-state index is 0.00832. The standard InChI is InChI=1S/C33H43N7O7/c1-21(14-26-19-40(37-36-26)20-28-29(41)30(42)31(43)33(45-3)47-28)46-13-8-35-32(44)25(18-34)16-22-4-5-24-17-27(7-6-23(24)15-22)39-11-9-38(2)10-12-39/h4-7,15-17,19,21,28-31,33,41-43H,8-14,20H2,1-3H3,(H,35,44)/b25-16+/t21?,28-,29-,30+,31-,33+/m1/s1. The summed E-state index contributed by atoms with van der Waals surface area (Å²) in [7, 11) is 3.48. The molecule has 252 valence electrons. The van der Waals surface area contributed by atoms with Gasteiger partial charge >= 0.3 is 0 Å². The number of ether oxygens (including phenoxy) is 3. The molecule has 3 heterocycles. The van der Waals surface area contributed by atoms with E-state index in [1.807, 2.05) is 31.2 Å². The number of likely N-dealkylation sites (N-methyl/N-ethyl adjacent to an activating group) is 1. The first-order valence-corrected chi connectivity index (χ1v) is 15.8. The van der Waals surface area contributed by atoms with E-state index in [2.05, 4.69) is 50.7 Å². The molecule has 0 bridgehead atoms. The largest absolute Gasteiger partial charge is 0.388 e. The number of aromatic nitrogens is 3. The first-order chi connectivity index (χ1) is 22.6. The van der Waals surface area contributed by atoms with Crippen molar-refractivity contribution in [2.24, 2.45) is 0 Å². The Balaban J connectivity index is 1.07. The highest BCUT2D eigenvalue weighted by Crippen LogP contribution is 2.25. The zero-order chi connectivity index (χ0) is 33.5. The molecular formula is C33H43N7O7. The number of nitrogens with zero attached hydrogens (tertiary/aromatic N) is 6. The zero-order valence-electron chi connectivity index (χ0n) is 26.9. The van der Waals surface area contributed by atoms with Crippen LogP contribution in [0.15, 0.2) is 48.2 Å². The molecule has 0 aliphatic carbocycles. The summed E-state index contributed by atoms with van der Waals surface area (Å²) in [5.41, 5.74) is 2.61. The van der Waals surface area contributed by atoms with Crippen LogP contribution < -0.4 is 10.2 Å². The molecule has 2 aliphatic rings. The highest BCUT2D eigenvalue weighted by Gasteiger charge is 2.44. The maximum Gasteiger partial charge on any atom is 0.262 e. The van der Waals surface area contributed by atoms with Crippen molar-refractivity contribution >= 4 is 28.4 Å². The highest BCUT2D eigenvalue weighted by molar-refractivity contribution is 6.02. The Labute approximate surface area is 273 Å². The number of methoxy groups -OCH3 is 1. The fourth-order valence-electron chi connectivity index (χ4n) is 5.76. The van der Waals surface area contributed by atoms with Crippen LogP contribution in [0.3, 0.4) is 0 Å². The molecular weight excluding hydrogens is 606 g/mol. The van der Waals surface area contributed by atoms with E-state index in [1.165, 1.54) is 17.5 Å². The van der Waals surface area contributed by atoms with Crippen LogP contribution in [0.25, 0.3) is 16.8 Å².